The maximum atomic E-state index is 6.51. The minimum Gasteiger partial charge on any atom is -0.458 e. The van der Waals surface area contributed by atoms with Crippen molar-refractivity contribution in [2.24, 2.45) is 0 Å². The average molecular weight is 360 g/mol. The van der Waals surface area contributed by atoms with Crippen LogP contribution in [0.5, 0.6) is 5.75 Å². The second-order valence-electron chi connectivity index (χ2n) is 5.82. The van der Waals surface area contributed by atoms with Gasteiger partial charge in [-0.3, -0.25) is 0 Å². The van der Waals surface area contributed by atoms with Gasteiger partial charge in [0.1, 0.15) is 5.75 Å². The van der Waals surface area contributed by atoms with Crippen LogP contribution >= 0.6 is 6.26 Å². The summed E-state index contributed by atoms with van der Waals surface area (Å²) in [4.78, 5) is 0. The van der Waals surface area contributed by atoms with Crippen molar-refractivity contribution in [1.29, 1.82) is 0 Å². The first-order chi connectivity index (χ1) is 12.3. The van der Waals surface area contributed by atoms with Crippen LogP contribution in [-0.4, -0.2) is 0 Å². The summed E-state index contributed by atoms with van der Waals surface area (Å²) in [5.41, 5.74) is 0. The van der Waals surface area contributed by atoms with E-state index in [4.69, 9.17) is 16.3 Å². The molecule has 4 aromatic rings. The van der Waals surface area contributed by atoms with Crippen LogP contribution in [0.3, 0.4) is 0 Å². The lowest BCUT2D eigenvalue weighted by atomic mass is 10.1. The molecule has 1 nitrogen and oxygen atoms in total. The summed E-state index contributed by atoms with van der Waals surface area (Å²) in [5, 5.41) is 4.47. The Morgan fingerprint density at radius 3 is 1.68 bits per heavy atom. The molecule has 0 N–H and O–H groups in total. The van der Waals surface area contributed by atoms with Crippen LogP contribution in [0.1, 0.15) is 0 Å². The van der Waals surface area contributed by atoms with E-state index in [-0.39, 0.29) is 0 Å². The van der Waals surface area contributed by atoms with Crippen LogP contribution in [0.2, 0.25) is 0 Å². The minimum atomic E-state index is -2.39. The van der Waals surface area contributed by atoms with E-state index in [1.54, 1.807) is 0 Å². The van der Waals surface area contributed by atoms with Crippen molar-refractivity contribution in [3.8, 4) is 5.75 Å². The van der Waals surface area contributed by atoms with Gasteiger partial charge in [-0.05, 0) is 34.7 Å². The van der Waals surface area contributed by atoms with Crippen molar-refractivity contribution >= 4 is 39.5 Å². The summed E-state index contributed by atoms with van der Waals surface area (Å²) in [6.45, 7) is 0. The molecule has 0 saturated carbocycles. The Hall–Kier alpha value is -2.41. The van der Waals surface area contributed by atoms with Gasteiger partial charge < -0.3 is 4.52 Å². The SMILES string of the molecule is S=P(Oc1ccc2ccccc2c1)(c1ccccc1)c1ccccc1. The lowest BCUT2D eigenvalue weighted by Crippen LogP contribution is -2.19. The molecule has 0 aliphatic rings. The summed E-state index contributed by atoms with van der Waals surface area (Å²) < 4.78 is 6.51. The Kier molecular flexibility index (Phi) is 4.40. The molecule has 0 fully saturated rings. The van der Waals surface area contributed by atoms with Crippen molar-refractivity contribution in [2.75, 3.05) is 0 Å². The van der Waals surface area contributed by atoms with Crippen LogP contribution in [0, 0.1) is 0 Å². The summed E-state index contributed by atoms with van der Waals surface area (Å²) in [7, 11) is 0. The highest BCUT2D eigenvalue weighted by Crippen LogP contribution is 2.45. The van der Waals surface area contributed by atoms with Crippen LogP contribution in [-0.2, 0) is 11.8 Å². The second-order valence-corrected chi connectivity index (χ2v) is 9.68. The van der Waals surface area contributed by atoms with Crippen LogP contribution < -0.4 is 15.1 Å². The van der Waals surface area contributed by atoms with Gasteiger partial charge in [0, 0.05) is 10.6 Å². The molecule has 0 saturated heterocycles. The Morgan fingerprint density at radius 2 is 1.08 bits per heavy atom. The number of hydrogen-bond acceptors (Lipinski definition) is 2. The smallest absolute Gasteiger partial charge is 0.171 e. The summed E-state index contributed by atoms with van der Waals surface area (Å²) in [6.07, 6.45) is -2.39. The van der Waals surface area contributed by atoms with Crippen molar-refractivity contribution in [3.05, 3.63) is 103 Å². The molecule has 0 atom stereocenters. The number of benzene rings is 4. The molecular weight excluding hydrogens is 343 g/mol. The van der Waals surface area contributed by atoms with Gasteiger partial charge in [-0.2, -0.15) is 0 Å². The Labute approximate surface area is 153 Å². The maximum absolute atomic E-state index is 6.51. The molecule has 0 unspecified atom stereocenters. The second kappa shape index (κ2) is 6.84. The lowest BCUT2D eigenvalue weighted by Gasteiger charge is -2.24. The lowest BCUT2D eigenvalue weighted by molar-refractivity contribution is 0.629. The largest absolute Gasteiger partial charge is 0.458 e. The van der Waals surface area contributed by atoms with Crippen LogP contribution in [0.25, 0.3) is 10.8 Å². The first-order valence-corrected chi connectivity index (χ1v) is 10.9. The van der Waals surface area contributed by atoms with Gasteiger partial charge in [0.25, 0.3) is 0 Å². The van der Waals surface area contributed by atoms with E-state index in [0.717, 1.165) is 21.7 Å². The fraction of sp³-hybridized carbons (Fsp3) is 0. The predicted molar refractivity (Wildman–Crippen MR) is 111 cm³/mol. The van der Waals surface area contributed by atoms with Gasteiger partial charge in [0.15, 0.2) is 6.26 Å². The zero-order valence-corrected chi connectivity index (χ0v) is 15.3. The van der Waals surface area contributed by atoms with Crippen molar-refractivity contribution in [2.45, 2.75) is 0 Å². The number of hydrogen-bond donors (Lipinski definition) is 0. The molecule has 3 heteroatoms. The summed E-state index contributed by atoms with van der Waals surface area (Å²) in [6, 6.07) is 34.8. The van der Waals surface area contributed by atoms with Crippen molar-refractivity contribution in [3.63, 3.8) is 0 Å². The monoisotopic (exact) mass is 360 g/mol. The van der Waals surface area contributed by atoms with E-state index < -0.39 is 6.26 Å². The molecule has 4 aromatic carbocycles. The summed E-state index contributed by atoms with van der Waals surface area (Å²) in [5.74, 6) is 0.815. The first kappa shape index (κ1) is 16.1. The average Bonchev–Trinajstić information content (AvgIpc) is 2.69. The normalized spacial score (nSPS) is 11.4. The quantitative estimate of drug-likeness (QED) is 0.459. The summed E-state index contributed by atoms with van der Waals surface area (Å²) >= 11 is 6.13. The van der Waals surface area contributed by atoms with Gasteiger partial charge in [0.2, 0.25) is 0 Å². The predicted octanol–water partition coefficient (Wildman–Crippen LogP) is 5.26. The highest BCUT2D eigenvalue weighted by molar-refractivity contribution is 8.19. The number of fused-ring (bicyclic) bond motifs is 1. The van der Waals surface area contributed by atoms with Gasteiger partial charge >= 0.3 is 0 Å². The third-order valence-electron chi connectivity index (χ3n) is 4.15. The highest BCUT2D eigenvalue weighted by atomic mass is 32.4. The molecule has 0 radical (unpaired) electrons. The van der Waals surface area contributed by atoms with Gasteiger partial charge in [0.05, 0.1) is 0 Å². The van der Waals surface area contributed by atoms with Gasteiger partial charge in [-0.15, -0.1) is 0 Å². The molecule has 25 heavy (non-hydrogen) atoms. The Balaban J connectivity index is 1.82. The highest BCUT2D eigenvalue weighted by Gasteiger charge is 2.24. The van der Waals surface area contributed by atoms with E-state index >= 15 is 0 Å². The standard InChI is InChI=1S/C22H17OPS/c25-24(21-11-3-1-4-12-21,22-13-5-2-6-14-22)23-20-16-15-18-9-7-8-10-19(18)17-20/h1-17H. The molecule has 122 valence electrons. The molecule has 4 rings (SSSR count). The van der Waals surface area contributed by atoms with Gasteiger partial charge in [-0.25, -0.2) is 0 Å². The third kappa shape index (κ3) is 3.24. The minimum absolute atomic E-state index is 0.815. The molecular formula is C22H17OPS. The zero-order chi connectivity index (χ0) is 17.1. The van der Waals surface area contributed by atoms with Crippen molar-refractivity contribution in [1.82, 2.24) is 0 Å². The fourth-order valence-corrected chi connectivity index (χ4v) is 5.91. The zero-order valence-electron chi connectivity index (χ0n) is 13.6. The molecule has 0 aromatic heterocycles. The topological polar surface area (TPSA) is 9.23 Å². The Morgan fingerprint density at radius 1 is 0.560 bits per heavy atom. The maximum Gasteiger partial charge on any atom is 0.171 e. The first-order valence-electron chi connectivity index (χ1n) is 8.15. The molecule has 0 amide bonds. The van der Waals surface area contributed by atoms with Crippen LogP contribution in [0.15, 0.2) is 103 Å². The van der Waals surface area contributed by atoms with E-state index in [9.17, 15) is 0 Å². The van der Waals surface area contributed by atoms with Gasteiger partial charge in [-0.1, -0.05) is 91.0 Å². The third-order valence-corrected chi connectivity index (χ3v) is 8.06. The van der Waals surface area contributed by atoms with Crippen molar-refractivity contribution < 1.29 is 4.52 Å². The number of rotatable bonds is 4. The molecule has 0 heterocycles. The molecule has 0 bridgehead atoms. The Bertz CT molecular complexity index is 1000. The van der Waals surface area contributed by atoms with E-state index in [2.05, 4.69) is 48.5 Å². The molecule has 0 aliphatic carbocycles. The molecule has 0 aliphatic heterocycles. The fourth-order valence-electron chi connectivity index (χ4n) is 2.88. The van der Waals surface area contributed by atoms with E-state index in [0.29, 0.717) is 0 Å². The molecule has 0 spiro atoms. The van der Waals surface area contributed by atoms with E-state index in [1.807, 2.05) is 54.6 Å². The van der Waals surface area contributed by atoms with E-state index in [1.165, 1.54) is 5.39 Å². The van der Waals surface area contributed by atoms with Crippen LogP contribution in [0.4, 0.5) is 0 Å².